The van der Waals surface area contributed by atoms with E-state index in [0.29, 0.717) is 5.25 Å². The fourth-order valence-electron chi connectivity index (χ4n) is 2.12. The largest absolute Gasteiger partial charge is 0.333 e. The third-order valence-electron chi connectivity index (χ3n) is 3.13. The zero-order valence-electron chi connectivity index (χ0n) is 11.0. The standard InChI is InChI=1S/C14H21N3S/c1-3-7-10(15)13(4-2)18-14-16-11-8-5-6-9-12(11)17-14/h5-6,8-10,13H,3-4,7,15H2,1-2H3,(H,16,17). The molecule has 0 amide bonds. The maximum Gasteiger partial charge on any atom is 0.166 e. The Balaban J connectivity index is 2.11. The molecule has 3 N–H and O–H groups in total. The van der Waals surface area contributed by atoms with Crippen LogP contribution in [0.2, 0.25) is 0 Å². The molecule has 3 nitrogen and oxygen atoms in total. The summed E-state index contributed by atoms with van der Waals surface area (Å²) in [4.78, 5) is 7.95. The molecule has 1 aromatic heterocycles. The molecule has 18 heavy (non-hydrogen) atoms. The maximum absolute atomic E-state index is 6.22. The van der Waals surface area contributed by atoms with Crippen molar-refractivity contribution >= 4 is 22.8 Å². The van der Waals surface area contributed by atoms with Crippen molar-refractivity contribution < 1.29 is 0 Å². The van der Waals surface area contributed by atoms with Gasteiger partial charge in [-0.15, -0.1) is 0 Å². The summed E-state index contributed by atoms with van der Waals surface area (Å²) in [5.74, 6) is 0. The Morgan fingerprint density at radius 2 is 2.11 bits per heavy atom. The minimum absolute atomic E-state index is 0.248. The van der Waals surface area contributed by atoms with E-state index in [1.54, 1.807) is 11.8 Å². The van der Waals surface area contributed by atoms with Crippen LogP contribution < -0.4 is 5.73 Å². The summed E-state index contributed by atoms with van der Waals surface area (Å²) in [6.45, 7) is 4.37. The SMILES string of the molecule is CCCC(N)C(CC)Sc1nc2ccccc2[nH]1. The highest BCUT2D eigenvalue weighted by Crippen LogP contribution is 2.27. The summed E-state index contributed by atoms with van der Waals surface area (Å²) in [6.07, 6.45) is 3.28. The molecule has 98 valence electrons. The number of fused-ring (bicyclic) bond motifs is 1. The summed E-state index contributed by atoms with van der Waals surface area (Å²) >= 11 is 1.77. The van der Waals surface area contributed by atoms with E-state index in [2.05, 4.69) is 29.9 Å². The van der Waals surface area contributed by atoms with Gasteiger partial charge >= 0.3 is 0 Å². The number of thioether (sulfide) groups is 1. The van der Waals surface area contributed by atoms with E-state index in [9.17, 15) is 0 Å². The molecule has 2 aromatic rings. The highest BCUT2D eigenvalue weighted by atomic mass is 32.2. The van der Waals surface area contributed by atoms with Crippen molar-refractivity contribution in [3.63, 3.8) is 0 Å². The molecule has 2 atom stereocenters. The van der Waals surface area contributed by atoms with E-state index < -0.39 is 0 Å². The predicted molar refractivity (Wildman–Crippen MR) is 78.9 cm³/mol. The Labute approximate surface area is 113 Å². The van der Waals surface area contributed by atoms with Gasteiger partial charge in [0, 0.05) is 11.3 Å². The van der Waals surface area contributed by atoms with Crippen LogP contribution in [-0.4, -0.2) is 21.3 Å². The first-order valence-corrected chi connectivity index (χ1v) is 7.49. The van der Waals surface area contributed by atoms with Gasteiger partial charge in [-0.25, -0.2) is 4.98 Å². The van der Waals surface area contributed by atoms with Gasteiger partial charge in [0.25, 0.3) is 0 Å². The van der Waals surface area contributed by atoms with Crippen LogP contribution in [0.3, 0.4) is 0 Å². The van der Waals surface area contributed by atoms with Crippen molar-refractivity contribution in [1.82, 2.24) is 9.97 Å². The van der Waals surface area contributed by atoms with E-state index in [1.807, 2.05) is 18.2 Å². The lowest BCUT2D eigenvalue weighted by Gasteiger charge is -2.20. The summed E-state index contributed by atoms with van der Waals surface area (Å²) in [7, 11) is 0. The summed E-state index contributed by atoms with van der Waals surface area (Å²) in [5, 5.41) is 1.42. The summed E-state index contributed by atoms with van der Waals surface area (Å²) in [6, 6.07) is 8.37. The lowest BCUT2D eigenvalue weighted by Crippen LogP contribution is -2.31. The van der Waals surface area contributed by atoms with Crippen LogP contribution in [0.4, 0.5) is 0 Å². The molecule has 0 aliphatic carbocycles. The number of H-pyrrole nitrogens is 1. The monoisotopic (exact) mass is 263 g/mol. The Hall–Kier alpha value is -1.00. The molecule has 1 heterocycles. The van der Waals surface area contributed by atoms with Gasteiger partial charge in [-0.3, -0.25) is 0 Å². The predicted octanol–water partition coefficient (Wildman–Crippen LogP) is 3.56. The van der Waals surface area contributed by atoms with Gasteiger partial charge in [-0.2, -0.15) is 0 Å². The quantitative estimate of drug-likeness (QED) is 0.783. The van der Waals surface area contributed by atoms with Crippen LogP contribution in [-0.2, 0) is 0 Å². The average molecular weight is 263 g/mol. The van der Waals surface area contributed by atoms with Gasteiger partial charge < -0.3 is 10.7 Å². The Bertz CT molecular complexity index is 461. The molecule has 0 spiro atoms. The van der Waals surface area contributed by atoms with E-state index >= 15 is 0 Å². The number of hydrogen-bond donors (Lipinski definition) is 2. The third-order valence-corrected chi connectivity index (χ3v) is 4.53. The van der Waals surface area contributed by atoms with Crippen molar-refractivity contribution in [2.24, 2.45) is 5.73 Å². The highest BCUT2D eigenvalue weighted by molar-refractivity contribution is 7.99. The minimum atomic E-state index is 0.248. The molecule has 2 unspecified atom stereocenters. The lowest BCUT2D eigenvalue weighted by atomic mass is 10.1. The molecule has 0 fully saturated rings. The zero-order chi connectivity index (χ0) is 13.0. The fraction of sp³-hybridized carbons (Fsp3) is 0.500. The molecule has 0 aliphatic heterocycles. The number of nitrogens with zero attached hydrogens (tertiary/aromatic N) is 1. The second kappa shape index (κ2) is 6.25. The molecule has 0 radical (unpaired) electrons. The van der Waals surface area contributed by atoms with E-state index in [1.165, 1.54) is 0 Å². The van der Waals surface area contributed by atoms with Gasteiger partial charge in [0.15, 0.2) is 5.16 Å². The van der Waals surface area contributed by atoms with Gasteiger partial charge in [-0.05, 0) is 25.0 Å². The lowest BCUT2D eigenvalue weighted by molar-refractivity contribution is 0.566. The van der Waals surface area contributed by atoms with Crippen LogP contribution in [0.15, 0.2) is 29.4 Å². The number of aromatic amines is 1. The average Bonchev–Trinajstić information content (AvgIpc) is 2.78. The molecule has 0 saturated carbocycles. The molecule has 4 heteroatoms. The number of nitrogens with two attached hydrogens (primary N) is 1. The van der Waals surface area contributed by atoms with Crippen LogP contribution in [0.25, 0.3) is 11.0 Å². The van der Waals surface area contributed by atoms with Crippen molar-refractivity contribution in [2.45, 2.75) is 49.6 Å². The number of nitrogens with one attached hydrogen (secondary N) is 1. The fourth-order valence-corrected chi connectivity index (χ4v) is 3.21. The van der Waals surface area contributed by atoms with Crippen molar-refractivity contribution in [3.05, 3.63) is 24.3 Å². The van der Waals surface area contributed by atoms with Crippen LogP contribution in [0.5, 0.6) is 0 Å². The number of benzene rings is 1. The highest BCUT2D eigenvalue weighted by Gasteiger charge is 2.18. The molecule has 0 saturated heterocycles. The Morgan fingerprint density at radius 1 is 1.33 bits per heavy atom. The molecule has 2 rings (SSSR count). The number of imidazole rings is 1. The molecule has 0 bridgehead atoms. The van der Waals surface area contributed by atoms with Gasteiger partial charge in [0.2, 0.25) is 0 Å². The zero-order valence-corrected chi connectivity index (χ0v) is 11.8. The maximum atomic E-state index is 6.22. The first kappa shape index (κ1) is 13.4. The summed E-state index contributed by atoms with van der Waals surface area (Å²) < 4.78 is 0. The van der Waals surface area contributed by atoms with Crippen LogP contribution in [0, 0.1) is 0 Å². The molecular formula is C14H21N3S. The smallest absolute Gasteiger partial charge is 0.166 e. The van der Waals surface area contributed by atoms with E-state index in [4.69, 9.17) is 5.73 Å². The van der Waals surface area contributed by atoms with E-state index in [0.717, 1.165) is 35.5 Å². The number of rotatable bonds is 6. The third kappa shape index (κ3) is 3.06. The number of para-hydroxylation sites is 2. The topological polar surface area (TPSA) is 54.7 Å². The number of aromatic nitrogens is 2. The van der Waals surface area contributed by atoms with Crippen molar-refractivity contribution in [1.29, 1.82) is 0 Å². The molecular weight excluding hydrogens is 242 g/mol. The normalized spacial score (nSPS) is 14.8. The van der Waals surface area contributed by atoms with Gasteiger partial charge in [-0.1, -0.05) is 44.2 Å². The number of hydrogen-bond acceptors (Lipinski definition) is 3. The van der Waals surface area contributed by atoms with Gasteiger partial charge in [0.05, 0.1) is 11.0 Å². The second-order valence-corrected chi connectivity index (χ2v) is 5.80. The van der Waals surface area contributed by atoms with Crippen LogP contribution >= 0.6 is 11.8 Å². The Kier molecular flexibility index (Phi) is 4.66. The Morgan fingerprint density at radius 3 is 2.78 bits per heavy atom. The van der Waals surface area contributed by atoms with Crippen molar-refractivity contribution in [3.8, 4) is 0 Å². The minimum Gasteiger partial charge on any atom is -0.333 e. The van der Waals surface area contributed by atoms with Gasteiger partial charge in [0.1, 0.15) is 0 Å². The van der Waals surface area contributed by atoms with Crippen molar-refractivity contribution in [2.75, 3.05) is 0 Å². The first-order valence-electron chi connectivity index (χ1n) is 6.61. The molecule has 1 aromatic carbocycles. The first-order chi connectivity index (χ1) is 8.74. The second-order valence-electron chi connectivity index (χ2n) is 4.58. The van der Waals surface area contributed by atoms with E-state index in [-0.39, 0.29) is 6.04 Å². The molecule has 0 aliphatic rings. The van der Waals surface area contributed by atoms with Crippen LogP contribution in [0.1, 0.15) is 33.1 Å². The summed E-state index contributed by atoms with van der Waals surface area (Å²) in [5.41, 5.74) is 8.34.